The summed E-state index contributed by atoms with van der Waals surface area (Å²) in [5.41, 5.74) is 2.68. The molecule has 0 aromatic carbocycles. The van der Waals surface area contributed by atoms with Gasteiger partial charge in [-0.05, 0) is 38.4 Å². The largest absolute Gasteiger partial charge is 0.357 e. The molecule has 0 fully saturated rings. The van der Waals surface area contributed by atoms with E-state index in [2.05, 4.69) is 43.2 Å². The molecule has 0 unspecified atom stereocenters. The van der Waals surface area contributed by atoms with Gasteiger partial charge in [0.1, 0.15) is 5.82 Å². The van der Waals surface area contributed by atoms with Crippen LogP contribution in [0.3, 0.4) is 0 Å². The molecule has 0 aliphatic carbocycles. The Morgan fingerprint density at radius 3 is 2.50 bits per heavy atom. The highest BCUT2D eigenvalue weighted by Gasteiger charge is 2.12. The van der Waals surface area contributed by atoms with Crippen LogP contribution in [-0.4, -0.2) is 31.2 Å². The molecule has 5 heteroatoms. The summed E-state index contributed by atoms with van der Waals surface area (Å²) in [5, 5.41) is 3.41. The van der Waals surface area contributed by atoms with Gasteiger partial charge in [-0.25, -0.2) is 4.98 Å². The highest BCUT2D eigenvalue weighted by atomic mass is 35.5. The van der Waals surface area contributed by atoms with Gasteiger partial charge < -0.3 is 10.2 Å². The van der Waals surface area contributed by atoms with E-state index in [1.807, 2.05) is 0 Å². The molecule has 18 heavy (non-hydrogen) atoms. The fourth-order valence-corrected chi connectivity index (χ4v) is 1.98. The normalized spacial score (nSPS) is 14.0. The standard InChI is InChI=1S/C13H21N3.2ClH/c1-10(2)16(3)13-5-4-11-6-8-14-9-7-12(11)15-13;;/h4-5,10,14H,6-9H2,1-3H3;2*1H. The molecular weight excluding hydrogens is 269 g/mol. The Labute approximate surface area is 122 Å². The van der Waals surface area contributed by atoms with Crippen molar-refractivity contribution in [1.82, 2.24) is 10.3 Å². The zero-order valence-electron chi connectivity index (χ0n) is 11.3. The summed E-state index contributed by atoms with van der Waals surface area (Å²) in [6.07, 6.45) is 2.16. The predicted molar refractivity (Wildman–Crippen MR) is 82.5 cm³/mol. The summed E-state index contributed by atoms with van der Waals surface area (Å²) >= 11 is 0. The molecule has 0 bridgehead atoms. The van der Waals surface area contributed by atoms with Crippen molar-refractivity contribution in [3.63, 3.8) is 0 Å². The average molecular weight is 292 g/mol. The molecule has 3 nitrogen and oxygen atoms in total. The number of nitrogens with zero attached hydrogens (tertiary/aromatic N) is 2. The Morgan fingerprint density at radius 1 is 1.17 bits per heavy atom. The molecule has 1 aromatic heterocycles. The summed E-state index contributed by atoms with van der Waals surface area (Å²) in [5.74, 6) is 1.09. The lowest BCUT2D eigenvalue weighted by molar-refractivity contribution is 0.706. The summed E-state index contributed by atoms with van der Waals surface area (Å²) in [6.45, 7) is 6.51. The average Bonchev–Trinajstić information content (AvgIpc) is 2.51. The van der Waals surface area contributed by atoms with Crippen molar-refractivity contribution in [2.45, 2.75) is 32.7 Å². The number of aromatic nitrogens is 1. The minimum Gasteiger partial charge on any atom is -0.357 e. The van der Waals surface area contributed by atoms with E-state index in [-0.39, 0.29) is 24.8 Å². The summed E-state index contributed by atoms with van der Waals surface area (Å²) in [4.78, 5) is 7.00. The third-order valence-electron chi connectivity index (χ3n) is 3.30. The van der Waals surface area contributed by atoms with E-state index in [4.69, 9.17) is 4.98 Å². The molecule has 0 saturated heterocycles. The lowest BCUT2D eigenvalue weighted by atomic mass is 10.1. The van der Waals surface area contributed by atoms with Gasteiger partial charge >= 0.3 is 0 Å². The van der Waals surface area contributed by atoms with Crippen molar-refractivity contribution in [3.05, 3.63) is 23.4 Å². The van der Waals surface area contributed by atoms with Crippen LogP contribution in [0.15, 0.2) is 12.1 Å². The number of hydrogen-bond donors (Lipinski definition) is 1. The SMILES string of the molecule is CC(C)N(C)c1ccc2c(n1)CCNCC2.Cl.Cl. The summed E-state index contributed by atoms with van der Waals surface area (Å²) < 4.78 is 0. The number of pyridine rings is 1. The zero-order chi connectivity index (χ0) is 11.5. The number of anilines is 1. The van der Waals surface area contributed by atoms with Crippen molar-refractivity contribution in [2.24, 2.45) is 0 Å². The van der Waals surface area contributed by atoms with Gasteiger partial charge in [-0.2, -0.15) is 0 Å². The second-order valence-corrected chi connectivity index (χ2v) is 4.73. The lowest BCUT2D eigenvalue weighted by Gasteiger charge is -2.23. The molecule has 0 spiro atoms. The molecule has 1 aliphatic heterocycles. The maximum absolute atomic E-state index is 4.78. The van der Waals surface area contributed by atoms with Crippen LogP contribution in [-0.2, 0) is 12.8 Å². The maximum Gasteiger partial charge on any atom is 0.128 e. The fraction of sp³-hybridized carbons (Fsp3) is 0.615. The maximum atomic E-state index is 4.78. The van der Waals surface area contributed by atoms with E-state index in [1.54, 1.807) is 0 Å². The Kier molecular flexibility index (Phi) is 7.60. The third kappa shape index (κ3) is 4.01. The first-order valence-electron chi connectivity index (χ1n) is 6.11. The van der Waals surface area contributed by atoms with Crippen LogP contribution in [0, 0.1) is 0 Å². The zero-order valence-corrected chi connectivity index (χ0v) is 12.9. The van der Waals surface area contributed by atoms with Crippen LogP contribution in [0.4, 0.5) is 5.82 Å². The molecule has 104 valence electrons. The van der Waals surface area contributed by atoms with Gasteiger partial charge in [0.2, 0.25) is 0 Å². The second-order valence-electron chi connectivity index (χ2n) is 4.73. The van der Waals surface area contributed by atoms with Gasteiger partial charge in [-0.1, -0.05) is 6.07 Å². The molecule has 1 aromatic rings. The molecule has 1 aliphatic rings. The lowest BCUT2D eigenvalue weighted by Crippen LogP contribution is -2.27. The van der Waals surface area contributed by atoms with Crippen LogP contribution in [0.5, 0.6) is 0 Å². The predicted octanol–water partition coefficient (Wildman–Crippen LogP) is 2.46. The van der Waals surface area contributed by atoms with Gasteiger partial charge in [0.05, 0.1) is 0 Å². The molecule has 0 atom stereocenters. The minimum atomic E-state index is 0. The topological polar surface area (TPSA) is 28.2 Å². The van der Waals surface area contributed by atoms with Gasteiger partial charge in [0.15, 0.2) is 0 Å². The van der Waals surface area contributed by atoms with E-state index < -0.39 is 0 Å². The van der Waals surface area contributed by atoms with Gasteiger partial charge in [0.25, 0.3) is 0 Å². The molecule has 0 saturated carbocycles. The van der Waals surface area contributed by atoms with E-state index in [1.165, 1.54) is 11.3 Å². The third-order valence-corrected chi connectivity index (χ3v) is 3.30. The first kappa shape index (κ1) is 17.5. The van der Waals surface area contributed by atoms with Crippen LogP contribution >= 0.6 is 24.8 Å². The van der Waals surface area contributed by atoms with E-state index >= 15 is 0 Å². The fourth-order valence-electron chi connectivity index (χ4n) is 1.98. The van der Waals surface area contributed by atoms with Gasteiger partial charge in [-0.3, -0.25) is 0 Å². The molecular formula is C13H23Cl2N3. The van der Waals surface area contributed by atoms with Crippen LogP contribution in [0.25, 0.3) is 0 Å². The van der Waals surface area contributed by atoms with E-state index in [0.29, 0.717) is 6.04 Å². The van der Waals surface area contributed by atoms with Gasteiger partial charge in [0, 0.05) is 31.7 Å². The van der Waals surface area contributed by atoms with E-state index in [9.17, 15) is 0 Å². The smallest absolute Gasteiger partial charge is 0.128 e. The second kappa shape index (κ2) is 7.82. The van der Waals surface area contributed by atoms with Crippen LogP contribution in [0.2, 0.25) is 0 Å². The summed E-state index contributed by atoms with van der Waals surface area (Å²) in [7, 11) is 2.11. The highest BCUT2D eigenvalue weighted by molar-refractivity contribution is 5.85. The van der Waals surface area contributed by atoms with Crippen LogP contribution < -0.4 is 10.2 Å². The monoisotopic (exact) mass is 291 g/mol. The Bertz CT molecular complexity index is 369. The number of nitrogens with one attached hydrogen (secondary N) is 1. The van der Waals surface area contributed by atoms with Crippen molar-refractivity contribution in [1.29, 1.82) is 0 Å². The molecule has 2 heterocycles. The summed E-state index contributed by atoms with van der Waals surface area (Å²) in [6, 6.07) is 4.88. The Balaban J connectivity index is 0.00000144. The Hall–Kier alpha value is -0.510. The molecule has 0 radical (unpaired) electrons. The quantitative estimate of drug-likeness (QED) is 0.907. The van der Waals surface area contributed by atoms with Crippen molar-refractivity contribution in [3.8, 4) is 0 Å². The number of halogens is 2. The number of fused-ring (bicyclic) bond motifs is 1. The highest BCUT2D eigenvalue weighted by Crippen LogP contribution is 2.17. The molecule has 2 rings (SSSR count). The number of rotatable bonds is 2. The first-order valence-corrected chi connectivity index (χ1v) is 6.11. The molecule has 0 amide bonds. The van der Waals surface area contributed by atoms with Crippen LogP contribution in [0.1, 0.15) is 25.1 Å². The minimum absolute atomic E-state index is 0. The van der Waals surface area contributed by atoms with Crippen molar-refractivity contribution in [2.75, 3.05) is 25.0 Å². The van der Waals surface area contributed by atoms with Gasteiger partial charge in [-0.15, -0.1) is 24.8 Å². The Morgan fingerprint density at radius 2 is 1.83 bits per heavy atom. The first-order chi connectivity index (χ1) is 7.68. The van der Waals surface area contributed by atoms with Crippen molar-refractivity contribution < 1.29 is 0 Å². The van der Waals surface area contributed by atoms with E-state index in [0.717, 1.165) is 31.7 Å². The number of hydrogen-bond acceptors (Lipinski definition) is 3. The van der Waals surface area contributed by atoms with Crippen molar-refractivity contribution >= 4 is 30.6 Å². The molecule has 1 N–H and O–H groups in total.